The van der Waals surface area contributed by atoms with Crippen molar-refractivity contribution < 1.29 is 14.6 Å². The van der Waals surface area contributed by atoms with Crippen LogP contribution in [0.15, 0.2) is 54.6 Å². The molecule has 146 valence electrons. The van der Waals surface area contributed by atoms with Crippen LogP contribution in [-0.2, 0) is 0 Å². The Labute approximate surface area is 162 Å². The number of piperazine rings is 1. The molecule has 27 heavy (non-hydrogen) atoms. The molecule has 0 radical (unpaired) electrons. The molecule has 1 atom stereocenters. The number of benzene rings is 2. The number of ether oxygens (including phenoxy) is 2. The lowest BCUT2D eigenvalue weighted by atomic mass is 10.2. The van der Waals surface area contributed by atoms with Crippen molar-refractivity contribution >= 4 is 0 Å². The Balaban J connectivity index is 1.30. The highest BCUT2D eigenvalue weighted by Gasteiger charge is 2.19. The molecule has 0 aliphatic carbocycles. The van der Waals surface area contributed by atoms with Gasteiger partial charge in [0.1, 0.15) is 30.8 Å². The molecule has 0 bridgehead atoms. The number of aliphatic hydroxyl groups excluding tert-OH is 1. The van der Waals surface area contributed by atoms with Crippen LogP contribution in [0.4, 0.5) is 0 Å². The first-order chi connectivity index (χ1) is 13.2. The highest BCUT2D eigenvalue weighted by atomic mass is 16.5. The van der Waals surface area contributed by atoms with Gasteiger partial charge in [0.15, 0.2) is 0 Å². The minimum absolute atomic E-state index is 0.329. The van der Waals surface area contributed by atoms with Crippen molar-refractivity contribution in [1.29, 1.82) is 0 Å². The van der Waals surface area contributed by atoms with Crippen LogP contribution in [0.25, 0.3) is 0 Å². The minimum atomic E-state index is -0.474. The summed E-state index contributed by atoms with van der Waals surface area (Å²) in [6.45, 7) is 8.57. The van der Waals surface area contributed by atoms with Crippen molar-refractivity contribution in [2.75, 3.05) is 52.5 Å². The second-order valence-corrected chi connectivity index (χ2v) is 7.03. The van der Waals surface area contributed by atoms with E-state index in [4.69, 9.17) is 9.47 Å². The fraction of sp³-hybridized carbons (Fsp3) is 0.455. The maximum Gasteiger partial charge on any atom is 0.122 e. The summed E-state index contributed by atoms with van der Waals surface area (Å²) in [6.07, 6.45) is -0.474. The van der Waals surface area contributed by atoms with E-state index in [2.05, 4.69) is 9.80 Å². The van der Waals surface area contributed by atoms with E-state index in [1.807, 2.05) is 61.5 Å². The van der Waals surface area contributed by atoms with E-state index < -0.39 is 6.10 Å². The first-order valence-corrected chi connectivity index (χ1v) is 9.70. The predicted molar refractivity (Wildman–Crippen MR) is 107 cm³/mol. The standard InChI is InChI=1S/C22H30N2O3/c1-19-7-5-6-10-22(19)27-18-20(25)17-24-13-11-23(12-14-24)15-16-26-21-8-3-2-4-9-21/h2-10,20,25H,11-18H2,1H3. The van der Waals surface area contributed by atoms with E-state index in [0.717, 1.165) is 49.8 Å². The van der Waals surface area contributed by atoms with Crippen molar-refractivity contribution in [3.05, 3.63) is 60.2 Å². The number of aliphatic hydroxyl groups is 1. The normalized spacial score (nSPS) is 16.8. The lowest BCUT2D eigenvalue weighted by Crippen LogP contribution is -2.50. The van der Waals surface area contributed by atoms with E-state index in [9.17, 15) is 5.11 Å². The van der Waals surface area contributed by atoms with Gasteiger partial charge in [-0.1, -0.05) is 36.4 Å². The maximum absolute atomic E-state index is 10.3. The van der Waals surface area contributed by atoms with Gasteiger partial charge in [-0.25, -0.2) is 0 Å². The van der Waals surface area contributed by atoms with Crippen molar-refractivity contribution in [3.63, 3.8) is 0 Å². The average Bonchev–Trinajstić information content (AvgIpc) is 2.69. The molecule has 0 spiro atoms. The van der Waals surface area contributed by atoms with E-state index in [1.54, 1.807) is 0 Å². The largest absolute Gasteiger partial charge is 0.492 e. The van der Waals surface area contributed by atoms with Gasteiger partial charge in [-0.2, -0.15) is 0 Å². The summed E-state index contributed by atoms with van der Waals surface area (Å²) in [6, 6.07) is 17.8. The van der Waals surface area contributed by atoms with Crippen molar-refractivity contribution in [2.45, 2.75) is 13.0 Å². The summed E-state index contributed by atoms with van der Waals surface area (Å²) in [7, 11) is 0. The van der Waals surface area contributed by atoms with Gasteiger partial charge in [0.2, 0.25) is 0 Å². The number of nitrogens with zero attached hydrogens (tertiary/aromatic N) is 2. The minimum Gasteiger partial charge on any atom is -0.492 e. The number of hydrogen-bond donors (Lipinski definition) is 1. The average molecular weight is 370 g/mol. The van der Waals surface area contributed by atoms with Gasteiger partial charge >= 0.3 is 0 Å². The number of aryl methyl sites for hydroxylation is 1. The molecule has 1 aliphatic heterocycles. The maximum atomic E-state index is 10.3. The predicted octanol–water partition coefficient (Wildman–Crippen LogP) is 2.43. The lowest BCUT2D eigenvalue weighted by molar-refractivity contribution is 0.0435. The SMILES string of the molecule is Cc1ccccc1OCC(O)CN1CCN(CCOc2ccccc2)CC1. The summed E-state index contributed by atoms with van der Waals surface area (Å²) in [5.74, 6) is 1.77. The van der Waals surface area contributed by atoms with Crippen LogP contribution in [-0.4, -0.2) is 73.5 Å². The Morgan fingerprint density at radius 3 is 2.30 bits per heavy atom. The monoisotopic (exact) mass is 370 g/mol. The highest BCUT2D eigenvalue weighted by Crippen LogP contribution is 2.16. The number of β-amino-alcohol motifs (C(OH)–C–C–N with tert-alkyl or cyclic N) is 1. The third-order valence-electron chi connectivity index (χ3n) is 4.88. The first kappa shape index (κ1) is 19.7. The molecule has 1 aliphatic rings. The van der Waals surface area contributed by atoms with Gasteiger partial charge in [-0.05, 0) is 30.7 Å². The molecule has 0 amide bonds. The molecule has 5 heteroatoms. The molecular formula is C22H30N2O3. The van der Waals surface area contributed by atoms with Crippen molar-refractivity contribution in [3.8, 4) is 11.5 Å². The summed E-state index contributed by atoms with van der Waals surface area (Å²) >= 11 is 0. The molecule has 0 saturated carbocycles. The van der Waals surface area contributed by atoms with Gasteiger partial charge in [0, 0.05) is 39.3 Å². The topological polar surface area (TPSA) is 45.2 Å². The van der Waals surface area contributed by atoms with Gasteiger partial charge < -0.3 is 14.6 Å². The van der Waals surface area contributed by atoms with Crippen molar-refractivity contribution in [1.82, 2.24) is 9.80 Å². The quantitative estimate of drug-likeness (QED) is 0.735. The van der Waals surface area contributed by atoms with Crippen LogP contribution in [0.1, 0.15) is 5.56 Å². The third kappa shape index (κ3) is 6.54. The summed E-state index contributed by atoms with van der Waals surface area (Å²) in [4.78, 5) is 4.72. The van der Waals surface area contributed by atoms with Crippen LogP contribution < -0.4 is 9.47 Å². The van der Waals surface area contributed by atoms with Crippen LogP contribution in [0.2, 0.25) is 0 Å². The zero-order valence-corrected chi connectivity index (χ0v) is 16.1. The molecule has 3 rings (SSSR count). The van der Waals surface area contributed by atoms with Gasteiger partial charge in [0.25, 0.3) is 0 Å². The van der Waals surface area contributed by atoms with E-state index in [-0.39, 0.29) is 0 Å². The van der Waals surface area contributed by atoms with Gasteiger partial charge in [-0.3, -0.25) is 9.80 Å². The number of para-hydroxylation sites is 2. The zero-order valence-electron chi connectivity index (χ0n) is 16.1. The Hall–Kier alpha value is -2.08. The van der Waals surface area contributed by atoms with Gasteiger partial charge in [0.05, 0.1) is 0 Å². The second kappa shape index (κ2) is 10.3. The summed E-state index contributed by atoms with van der Waals surface area (Å²) in [5, 5.41) is 10.3. The van der Waals surface area contributed by atoms with E-state index >= 15 is 0 Å². The molecule has 1 N–H and O–H groups in total. The fourth-order valence-corrected chi connectivity index (χ4v) is 3.26. The van der Waals surface area contributed by atoms with Crippen LogP contribution in [0.5, 0.6) is 11.5 Å². The van der Waals surface area contributed by atoms with Crippen LogP contribution >= 0.6 is 0 Å². The molecule has 1 unspecified atom stereocenters. The molecule has 5 nitrogen and oxygen atoms in total. The molecule has 1 heterocycles. The number of hydrogen-bond acceptors (Lipinski definition) is 5. The molecular weight excluding hydrogens is 340 g/mol. The molecule has 2 aromatic rings. The van der Waals surface area contributed by atoms with E-state index in [1.165, 1.54) is 0 Å². The highest BCUT2D eigenvalue weighted by molar-refractivity contribution is 5.31. The fourth-order valence-electron chi connectivity index (χ4n) is 3.26. The summed E-state index contributed by atoms with van der Waals surface area (Å²) < 4.78 is 11.5. The van der Waals surface area contributed by atoms with Crippen LogP contribution in [0, 0.1) is 6.92 Å². The Morgan fingerprint density at radius 2 is 1.56 bits per heavy atom. The second-order valence-electron chi connectivity index (χ2n) is 7.03. The van der Waals surface area contributed by atoms with Crippen LogP contribution in [0.3, 0.4) is 0 Å². The van der Waals surface area contributed by atoms with Crippen molar-refractivity contribution in [2.24, 2.45) is 0 Å². The first-order valence-electron chi connectivity index (χ1n) is 9.70. The smallest absolute Gasteiger partial charge is 0.122 e. The van der Waals surface area contributed by atoms with E-state index in [0.29, 0.717) is 19.8 Å². The Kier molecular flexibility index (Phi) is 7.51. The number of rotatable bonds is 9. The molecule has 0 aromatic heterocycles. The summed E-state index contributed by atoms with van der Waals surface area (Å²) in [5.41, 5.74) is 1.09. The molecule has 1 fully saturated rings. The van der Waals surface area contributed by atoms with Gasteiger partial charge in [-0.15, -0.1) is 0 Å². The Morgan fingerprint density at radius 1 is 0.889 bits per heavy atom. The third-order valence-corrected chi connectivity index (χ3v) is 4.88. The lowest BCUT2D eigenvalue weighted by Gasteiger charge is -2.35. The molecule has 1 saturated heterocycles. The Bertz CT molecular complexity index is 672. The molecule has 2 aromatic carbocycles. The zero-order chi connectivity index (χ0) is 18.9.